The van der Waals surface area contributed by atoms with E-state index in [1.165, 1.54) is 0 Å². The van der Waals surface area contributed by atoms with Gasteiger partial charge in [-0.1, -0.05) is 24.9 Å². The van der Waals surface area contributed by atoms with Crippen molar-refractivity contribution in [1.82, 2.24) is 9.03 Å². The molecule has 158 valence electrons. The van der Waals surface area contributed by atoms with Crippen LogP contribution in [0.4, 0.5) is 22.0 Å². The number of nitrogens with zero attached hydrogens (tertiary/aromatic N) is 1. The molecule has 2 rings (SSSR count). The van der Waals surface area contributed by atoms with Crippen LogP contribution >= 0.6 is 0 Å². The first-order chi connectivity index (χ1) is 11.7. The average molecular weight is 442 g/mol. The van der Waals surface area contributed by atoms with Crippen LogP contribution in [0.25, 0.3) is 0 Å². The van der Waals surface area contributed by atoms with Gasteiger partial charge in [-0.15, -0.1) is 0 Å². The first kappa shape index (κ1) is 22.3. The summed E-state index contributed by atoms with van der Waals surface area (Å²) in [4.78, 5) is 12.9. The third kappa shape index (κ3) is 3.92. The Kier molecular flexibility index (Phi) is 4.94. The smallest absolute Gasteiger partial charge is 0.333 e. The Morgan fingerprint density at radius 2 is 1.52 bits per heavy atom. The minimum absolute atomic E-state index is 0.0754. The van der Waals surface area contributed by atoms with Gasteiger partial charge >= 0.3 is 36.7 Å². The lowest BCUT2D eigenvalue weighted by Crippen LogP contribution is -2.55. The van der Waals surface area contributed by atoms with E-state index in [1.54, 1.807) is 6.92 Å². The van der Waals surface area contributed by atoms with Crippen LogP contribution in [0.1, 0.15) is 40.0 Å². The van der Waals surface area contributed by atoms with Gasteiger partial charge in [-0.2, -0.15) is 22.0 Å². The van der Waals surface area contributed by atoms with E-state index in [0.29, 0.717) is 24.2 Å². The van der Waals surface area contributed by atoms with E-state index >= 15 is 0 Å². The quantitative estimate of drug-likeness (QED) is 0.669. The maximum atomic E-state index is 14.3. The summed E-state index contributed by atoms with van der Waals surface area (Å²) in [5.41, 5.74) is -6.99. The van der Waals surface area contributed by atoms with Gasteiger partial charge < -0.3 is 4.90 Å². The summed E-state index contributed by atoms with van der Waals surface area (Å²) in [6, 6.07) is -0.716. The van der Waals surface area contributed by atoms with E-state index in [2.05, 4.69) is 0 Å². The fraction of sp³-hybridized carbons (Fsp3) is 0.923. The molecule has 1 amide bonds. The highest BCUT2D eigenvalue weighted by molar-refractivity contribution is 8.05. The number of fused-ring (bicyclic) bond motifs is 2. The fourth-order valence-electron chi connectivity index (χ4n) is 4.22. The topological polar surface area (TPSA) is 101 Å². The molecule has 2 fully saturated rings. The van der Waals surface area contributed by atoms with Crippen molar-refractivity contribution >= 4 is 26.0 Å². The second-order valence-electron chi connectivity index (χ2n) is 8.20. The van der Waals surface area contributed by atoms with Crippen molar-refractivity contribution in [2.75, 3.05) is 6.54 Å². The van der Waals surface area contributed by atoms with Crippen LogP contribution in [-0.4, -0.2) is 51.0 Å². The van der Waals surface area contributed by atoms with Crippen molar-refractivity contribution < 1.29 is 43.6 Å². The Labute approximate surface area is 153 Å². The summed E-state index contributed by atoms with van der Waals surface area (Å²) in [6.45, 7) is 5.26. The van der Waals surface area contributed by atoms with Crippen molar-refractivity contribution in [1.29, 1.82) is 0 Å². The Hall–Kier alpha value is -1.02. The van der Waals surface area contributed by atoms with Gasteiger partial charge in [0.15, 0.2) is 0 Å². The van der Waals surface area contributed by atoms with Crippen LogP contribution in [0, 0.1) is 10.8 Å². The number of halogens is 5. The summed E-state index contributed by atoms with van der Waals surface area (Å²) in [7, 11) is -13.1. The van der Waals surface area contributed by atoms with Crippen LogP contribution < -0.4 is 4.13 Å². The lowest BCUT2D eigenvalue weighted by atomic mass is 9.65. The summed E-state index contributed by atoms with van der Waals surface area (Å²) < 4.78 is 110. The van der Waals surface area contributed by atoms with Crippen molar-refractivity contribution in [3.05, 3.63) is 0 Å². The van der Waals surface area contributed by atoms with E-state index in [1.807, 2.05) is 13.8 Å². The molecular weight excluding hydrogens is 423 g/mol. The minimum atomic E-state index is -6.63. The SMILES string of the molecule is CC1(C)CC2CC(C)(CN2C(=O)C(F)(F)S(=O)(=O)NS(=O)(=O)C(F)(F)F)C1. The summed E-state index contributed by atoms with van der Waals surface area (Å²) in [5.74, 6) is -2.24. The molecule has 7 nitrogen and oxygen atoms in total. The zero-order valence-corrected chi connectivity index (χ0v) is 16.2. The molecular formula is C13H19F5N2O5S2. The molecule has 1 heterocycles. The Bertz CT molecular complexity index is 853. The lowest BCUT2D eigenvalue weighted by molar-refractivity contribution is -0.148. The third-order valence-electron chi connectivity index (χ3n) is 4.79. The van der Waals surface area contributed by atoms with E-state index in [9.17, 15) is 43.6 Å². The van der Waals surface area contributed by atoms with E-state index in [0.717, 1.165) is 0 Å². The molecule has 0 radical (unpaired) electrons. The number of rotatable bonds is 4. The van der Waals surface area contributed by atoms with E-state index in [-0.39, 0.29) is 16.1 Å². The molecule has 2 unspecified atom stereocenters. The molecule has 2 atom stereocenters. The maximum Gasteiger partial charge on any atom is 0.512 e. The van der Waals surface area contributed by atoms with E-state index < -0.39 is 48.2 Å². The van der Waals surface area contributed by atoms with Gasteiger partial charge in [0.05, 0.1) is 0 Å². The highest BCUT2D eigenvalue weighted by Gasteiger charge is 2.62. The Morgan fingerprint density at radius 3 is 2.00 bits per heavy atom. The predicted molar refractivity (Wildman–Crippen MR) is 83.2 cm³/mol. The van der Waals surface area contributed by atoms with Gasteiger partial charge in [-0.25, -0.2) is 16.8 Å². The first-order valence-electron chi connectivity index (χ1n) is 7.76. The van der Waals surface area contributed by atoms with Crippen molar-refractivity contribution in [3.8, 4) is 0 Å². The highest BCUT2D eigenvalue weighted by Crippen LogP contribution is 2.53. The van der Waals surface area contributed by atoms with Gasteiger partial charge in [-0.3, -0.25) is 4.79 Å². The number of carbonyl (C=O) groups is 1. The van der Waals surface area contributed by atoms with E-state index in [4.69, 9.17) is 0 Å². The molecule has 1 aliphatic heterocycles. The summed E-state index contributed by atoms with van der Waals surface area (Å²) in [5, 5.41) is -5.39. The van der Waals surface area contributed by atoms with Crippen LogP contribution in [0.3, 0.4) is 0 Å². The molecule has 27 heavy (non-hydrogen) atoms. The Morgan fingerprint density at radius 1 is 1.00 bits per heavy atom. The highest BCUT2D eigenvalue weighted by atomic mass is 32.3. The zero-order chi connectivity index (χ0) is 21.3. The molecule has 0 spiro atoms. The number of hydrogen-bond donors (Lipinski definition) is 1. The molecule has 1 saturated carbocycles. The van der Waals surface area contributed by atoms with Crippen LogP contribution in [-0.2, 0) is 24.8 Å². The number of nitrogens with one attached hydrogen (secondary N) is 1. The molecule has 1 saturated heterocycles. The molecule has 2 aliphatic rings. The van der Waals surface area contributed by atoms with Crippen LogP contribution in [0.15, 0.2) is 0 Å². The predicted octanol–water partition coefficient (Wildman–Crippen LogP) is 1.78. The average Bonchev–Trinajstić information content (AvgIpc) is 2.64. The zero-order valence-electron chi connectivity index (χ0n) is 14.6. The summed E-state index contributed by atoms with van der Waals surface area (Å²) >= 11 is 0. The lowest BCUT2D eigenvalue weighted by Gasteiger charge is -2.39. The second-order valence-corrected chi connectivity index (χ2v) is 11.9. The number of sulfonamides is 2. The van der Waals surface area contributed by atoms with Gasteiger partial charge in [0.1, 0.15) is 0 Å². The minimum Gasteiger partial charge on any atom is -0.333 e. The van der Waals surface area contributed by atoms with Crippen LogP contribution in [0.2, 0.25) is 0 Å². The Balaban J connectivity index is 2.33. The number of carbonyl (C=O) groups excluding carboxylic acids is 1. The maximum absolute atomic E-state index is 14.3. The largest absolute Gasteiger partial charge is 0.512 e. The molecule has 1 aliphatic carbocycles. The first-order valence-corrected chi connectivity index (χ1v) is 10.7. The number of likely N-dealkylation sites (tertiary alicyclic amines) is 1. The summed E-state index contributed by atoms with van der Waals surface area (Å²) in [6.07, 6.45) is 1.23. The third-order valence-corrected chi connectivity index (χ3v) is 8.00. The van der Waals surface area contributed by atoms with Crippen molar-refractivity contribution in [2.45, 2.75) is 56.8 Å². The molecule has 0 aromatic heterocycles. The monoisotopic (exact) mass is 442 g/mol. The second kappa shape index (κ2) is 5.99. The molecule has 2 bridgehead atoms. The standard InChI is InChI=1S/C13H19F5N2O5S2/c1-10(2)4-8-5-11(3,6-10)7-20(8)9(21)12(14,15)26(22,23)19-27(24,25)13(16,17)18/h8,19H,4-7H2,1-3H3. The van der Waals surface area contributed by atoms with Crippen molar-refractivity contribution in [3.63, 3.8) is 0 Å². The molecule has 0 aromatic carbocycles. The van der Waals surface area contributed by atoms with Gasteiger partial charge in [0.2, 0.25) is 0 Å². The number of hydrogen-bond acceptors (Lipinski definition) is 5. The van der Waals surface area contributed by atoms with Crippen LogP contribution in [0.5, 0.6) is 0 Å². The van der Waals surface area contributed by atoms with Crippen molar-refractivity contribution in [2.24, 2.45) is 10.8 Å². The van der Waals surface area contributed by atoms with Gasteiger partial charge in [-0.05, 0) is 30.1 Å². The molecule has 1 N–H and O–H groups in total. The molecule has 14 heteroatoms. The fourth-order valence-corrected chi connectivity index (χ4v) is 6.52. The van der Waals surface area contributed by atoms with Gasteiger partial charge in [0.25, 0.3) is 0 Å². The van der Waals surface area contributed by atoms with Gasteiger partial charge in [0, 0.05) is 12.6 Å². The normalized spacial score (nSPS) is 29.0. The number of amides is 1. The number of alkyl halides is 5. The molecule has 0 aromatic rings.